The van der Waals surface area contributed by atoms with Crippen molar-refractivity contribution in [1.29, 1.82) is 0 Å². The maximum Gasteiger partial charge on any atom is 0.416 e. The number of aliphatic hydroxyl groups is 1. The van der Waals surface area contributed by atoms with Crippen LogP contribution in [0.25, 0.3) is 0 Å². The van der Waals surface area contributed by atoms with Gasteiger partial charge in [0, 0.05) is 32.2 Å². The Balaban J connectivity index is 1.60. The molecule has 0 bridgehead atoms. The molecule has 1 unspecified atom stereocenters. The number of nitrogens with one attached hydrogen (secondary N) is 1. The number of benzene rings is 2. The quantitative estimate of drug-likeness (QED) is 0.579. The number of anilines is 1. The van der Waals surface area contributed by atoms with E-state index in [1.54, 1.807) is 0 Å². The number of nitrogens with zero attached hydrogens (tertiary/aromatic N) is 2. The van der Waals surface area contributed by atoms with Gasteiger partial charge in [0.05, 0.1) is 16.6 Å². The van der Waals surface area contributed by atoms with E-state index in [9.17, 15) is 28.4 Å². The first-order chi connectivity index (χ1) is 13.2. The minimum absolute atomic E-state index is 0.00957. The summed E-state index contributed by atoms with van der Waals surface area (Å²) in [7, 11) is 0. The molecular formula is C19H20F3N3O3. The number of hydrogen-bond acceptors (Lipinski definition) is 5. The smallest absolute Gasteiger partial charge is 0.390 e. The van der Waals surface area contributed by atoms with Crippen LogP contribution in [0.1, 0.15) is 16.7 Å². The van der Waals surface area contributed by atoms with Gasteiger partial charge in [-0.3, -0.25) is 15.0 Å². The molecule has 0 saturated carbocycles. The van der Waals surface area contributed by atoms with Crippen LogP contribution < -0.4 is 5.32 Å². The Hall–Kier alpha value is -2.65. The molecule has 1 atom stereocenters. The van der Waals surface area contributed by atoms with Crippen LogP contribution >= 0.6 is 0 Å². The van der Waals surface area contributed by atoms with Gasteiger partial charge in [-0.1, -0.05) is 24.3 Å². The molecule has 0 amide bonds. The molecule has 150 valence electrons. The van der Waals surface area contributed by atoms with E-state index in [2.05, 4.69) is 16.3 Å². The minimum atomic E-state index is -4.66. The third kappa shape index (κ3) is 4.79. The molecule has 3 rings (SSSR count). The van der Waals surface area contributed by atoms with E-state index < -0.39 is 28.5 Å². The lowest BCUT2D eigenvalue weighted by Gasteiger charge is -2.30. The van der Waals surface area contributed by atoms with Gasteiger partial charge in [-0.2, -0.15) is 13.2 Å². The van der Waals surface area contributed by atoms with Crippen LogP contribution in [0.15, 0.2) is 42.5 Å². The number of halogens is 3. The van der Waals surface area contributed by atoms with Crippen molar-refractivity contribution in [3.05, 3.63) is 69.3 Å². The number of β-amino-alcohol motifs (C(OH)–C–C–N with tert-alkyl or cyclic N) is 1. The summed E-state index contributed by atoms with van der Waals surface area (Å²) >= 11 is 0. The number of aliphatic hydroxyl groups excluding tert-OH is 1. The molecule has 1 aliphatic rings. The molecule has 0 spiro atoms. The van der Waals surface area contributed by atoms with Crippen molar-refractivity contribution < 1.29 is 23.2 Å². The maximum atomic E-state index is 12.8. The average molecular weight is 395 g/mol. The van der Waals surface area contributed by atoms with E-state index >= 15 is 0 Å². The van der Waals surface area contributed by atoms with Crippen LogP contribution in [0.2, 0.25) is 0 Å². The molecule has 2 aromatic rings. The van der Waals surface area contributed by atoms with E-state index in [-0.39, 0.29) is 12.2 Å². The van der Waals surface area contributed by atoms with Gasteiger partial charge in [-0.15, -0.1) is 0 Å². The van der Waals surface area contributed by atoms with Gasteiger partial charge in [0.15, 0.2) is 0 Å². The average Bonchev–Trinajstić information content (AvgIpc) is 2.65. The summed E-state index contributed by atoms with van der Waals surface area (Å²) in [6, 6.07) is 10.4. The summed E-state index contributed by atoms with van der Waals surface area (Å²) in [5.41, 5.74) is 0.672. The standard InChI is InChI=1S/C19H20F3N3O3/c20-19(21,22)15-5-6-17(18(9-15)25(27)28)23-10-16(26)12-24-8-7-13-3-1-2-4-14(13)11-24/h1-6,9,16,23,26H,7-8,10-12H2. The first-order valence-corrected chi connectivity index (χ1v) is 8.81. The van der Waals surface area contributed by atoms with Crippen molar-refractivity contribution in [1.82, 2.24) is 4.90 Å². The third-order valence-electron chi connectivity index (χ3n) is 4.73. The Morgan fingerprint density at radius 1 is 1.21 bits per heavy atom. The predicted octanol–water partition coefficient (Wildman–Crippen LogP) is 3.44. The monoisotopic (exact) mass is 395 g/mol. The second-order valence-corrected chi connectivity index (χ2v) is 6.78. The fourth-order valence-electron chi connectivity index (χ4n) is 3.31. The summed E-state index contributed by atoms with van der Waals surface area (Å²) in [6.07, 6.45) is -4.61. The molecule has 2 N–H and O–H groups in total. The van der Waals surface area contributed by atoms with Crippen molar-refractivity contribution in [2.24, 2.45) is 0 Å². The second-order valence-electron chi connectivity index (χ2n) is 6.78. The molecule has 0 saturated heterocycles. The Bertz CT molecular complexity index is 858. The van der Waals surface area contributed by atoms with Gasteiger partial charge < -0.3 is 10.4 Å². The summed E-state index contributed by atoms with van der Waals surface area (Å²) in [5.74, 6) is 0. The molecule has 0 aliphatic carbocycles. The number of alkyl halides is 3. The SMILES string of the molecule is O=[N+]([O-])c1cc(C(F)(F)F)ccc1NCC(O)CN1CCc2ccccc2C1. The molecule has 0 aromatic heterocycles. The highest BCUT2D eigenvalue weighted by atomic mass is 19.4. The summed E-state index contributed by atoms with van der Waals surface area (Å²) in [6.45, 7) is 1.84. The van der Waals surface area contributed by atoms with Gasteiger partial charge in [0.25, 0.3) is 5.69 Å². The van der Waals surface area contributed by atoms with Crippen molar-refractivity contribution in [3.8, 4) is 0 Å². The second kappa shape index (κ2) is 8.15. The van der Waals surface area contributed by atoms with E-state index in [0.29, 0.717) is 19.2 Å². The zero-order chi connectivity index (χ0) is 20.3. The maximum absolute atomic E-state index is 12.8. The molecule has 0 radical (unpaired) electrons. The van der Waals surface area contributed by atoms with Crippen LogP contribution in [0.4, 0.5) is 24.5 Å². The van der Waals surface area contributed by atoms with Crippen LogP contribution in [0.5, 0.6) is 0 Å². The highest BCUT2D eigenvalue weighted by molar-refractivity contribution is 5.63. The van der Waals surface area contributed by atoms with Gasteiger partial charge in [-0.25, -0.2) is 0 Å². The van der Waals surface area contributed by atoms with Crippen LogP contribution in [0.3, 0.4) is 0 Å². The first-order valence-electron chi connectivity index (χ1n) is 8.81. The summed E-state index contributed by atoms with van der Waals surface area (Å²) < 4.78 is 38.3. The number of rotatable bonds is 6. The van der Waals surface area contributed by atoms with E-state index in [0.717, 1.165) is 25.1 Å². The molecule has 1 heterocycles. The summed E-state index contributed by atoms with van der Waals surface area (Å²) in [5, 5.41) is 24.1. The molecule has 1 aliphatic heterocycles. The minimum Gasteiger partial charge on any atom is -0.390 e. The van der Waals surface area contributed by atoms with Gasteiger partial charge in [-0.05, 0) is 29.7 Å². The van der Waals surface area contributed by atoms with Crippen LogP contribution in [-0.2, 0) is 19.1 Å². The zero-order valence-electron chi connectivity index (χ0n) is 14.9. The lowest BCUT2D eigenvalue weighted by molar-refractivity contribution is -0.384. The van der Waals surface area contributed by atoms with E-state index in [1.807, 2.05) is 18.2 Å². The molecule has 0 fully saturated rings. The van der Waals surface area contributed by atoms with E-state index in [4.69, 9.17) is 0 Å². The van der Waals surface area contributed by atoms with Gasteiger partial charge >= 0.3 is 6.18 Å². The van der Waals surface area contributed by atoms with Crippen LogP contribution in [0, 0.1) is 10.1 Å². The Kier molecular flexibility index (Phi) is 5.85. The predicted molar refractivity (Wildman–Crippen MR) is 98.0 cm³/mol. The van der Waals surface area contributed by atoms with Crippen molar-refractivity contribution in [2.45, 2.75) is 25.2 Å². The Labute approximate surface area is 159 Å². The highest BCUT2D eigenvalue weighted by Gasteiger charge is 2.33. The fraction of sp³-hybridized carbons (Fsp3) is 0.368. The van der Waals surface area contributed by atoms with Crippen molar-refractivity contribution >= 4 is 11.4 Å². The topological polar surface area (TPSA) is 78.6 Å². The third-order valence-corrected chi connectivity index (χ3v) is 4.73. The van der Waals surface area contributed by atoms with Gasteiger partial charge in [0.1, 0.15) is 5.69 Å². The number of fused-ring (bicyclic) bond motifs is 1. The largest absolute Gasteiger partial charge is 0.416 e. The van der Waals surface area contributed by atoms with Gasteiger partial charge in [0.2, 0.25) is 0 Å². The molecule has 9 heteroatoms. The highest BCUT2D eigenvalue weighted by Crippen LogP contribution is 2.35. The number of hydrogen-bond donors (Lipinski definition) is 2. The summed E-state index contributed by atoms with van der Waals surface area (Å²) in [4.78, 5) is 12.3. The number of nitro benzene ring substituents is 1. The van der Waals surface area contributed by atoms with E-state index in [1.165, 1.54) is 11.1 Å². The molecule has 6 nitrogen and oxygen atoms in total. The lowest BCUT2D eigenvalue weighted by atomic mass is 10.00. The Morgan fingerprint density at radius 2 is 1.93 bits per heavy atom. The molecule has 2 aromatic carbocycles. The number of nitro groups is 1. The fourth-order valence-corrected chi connectivity index (χ4v) is 3.31. The van der Waals surface area contributed by atoms with Crippen molar-refractivity contribution in [3.63, 3.8) is 0 Å². The molecule has 28 heavy (non-hydrogen) atoms. The van der Waals surface area contributed by atoms with Crippen LogP contribution in [-0.4, -0.2) is 40.7 Å². The zero-order valence-corrected chi connectivity index (χ0v) is 14.9. The lowest BCUT2D eigenvalue weighted by Crippen LogP contribution is -2.39. The first kappa shape index (κ1) is 20.1. The Morgan fingerprint density at radius 3 is 2.61 bits per heavy atom. The van der Waals surface area contributed by atoms with Crippen molar-refractivity contribution in [2.75, 3.05) is 25.0 Å². The molecular weight excluding hydrogens is 375 g/mol. The normalized spacial score (nSPS) is 15.7.